The van der Waals surface area contributed by atoms with Crippen molar-refractivity contribution in [2.24, 2.45) is 0 Å². The minimum Gasteiger partial charge on any atom is -0.346 e. The van der Waals surface area contributed by atoms with Gasteiger partial charge in [0.2, 0.25) is 5.69 Å². The Balaban J connectivity index is 1.85. The van der Waals surface area contributed by atoms with Gasteiger partial charge < -0.3 is 4.98 Å². The van der Waals surface area contributed by atoms with Gasteiger partial charge in [-0.15, -0.1) is 11.3 Å². The Labute approximate surface area is 162 Å². The maximum absolute atomic E-state index is 12.4. The van der Waals surface area contributed by atoms with E-state index in [4.69, 9.17) is 6.57 Å². The van der Waals surface area contributed by atoms with Crippen LogP contribution in [0.2, 0.25) is 0 Å². The van der Waals surface area contributed by atoms with Crippen LogP contribution in [-0.4, -0.2) is 24.7 Å². The Hall–Kier alpha value is -3.83. The molecule has 5 rings (SSSR count). The second-order valence-corrected chi connectivity index (χ2v) is 7.17. The summed E-state index contributed by atoms with van der Waals surface area (Å²) in [6.07, 6.45) is 3.23. The third-order valence-electron chi connectivity index (χ3n) is 4.58. The molecule has 0 saturated heterocycles. The van der Waals surface area contributed by atoms with E-state index in [1.165, 1.54) is 6.07 Å². The van der Waals surface area contributed by atoms with Crippen LogP contribution in [0.3, 0.4) is 0 Å². The van der Waals surface area contributed by atoms with Crippen LogP contribution >= 0.6 is 11.3 Å². The fourth-order valence-corrected chi connectivity index (χ4v) is 3.88. The first-order valence-electron chi connectivity index (χ1n) is 8.44. The number of hydrogen-bond donors (Lipinski definition) is 1. The first kappa shape index (κ1) is 16.4. The molecular weight excluding hydrogens is 372 g/mol. The molecule has 28 heavy (non-hydrogen) atoms. The third kappa shape index (κ3) is 2.49. The van der Waals surface area contributed by atoms with E-state index in [0.717, 1.165) is 21.3 Å². The summed E-state index contributed by atoms with van der Waals surface area (Å²) in [5.41, 5.74) is 5.86. The number of rotatable bonds is 2. The zero-order valence-corrected chi connectivity index (χ0v) is 15.5. The summed E-state index contributed by atoms with van der Waals surface area (Å²) < 4.78 is 2.64. The van der Waals surface area contributed by atoms with Gasteiger partial charge in [0, 0.05) is 24.0 Å². The van der Waals surface area contributed by atoms with Gasteiger partial charge in [-0.3, -0.25) is 4.79 Å². The average molecular weight is 384 g/mol. The van der Waals surface area contributed by atoms with E-state index < -0.39 is 0 Å². The van der Waals surface area contributed by atoms with Crippen molar-refractivity contribution in [3.63, 3.8) is 0 Å². The van der Waals surface area contributed by atoms with Crippen molar-refractivity contribution in [3.8, 4) is 16.9 Å². The van der Waals surface area contributed by atoms with Crippen LogP contribution in [0.15, 0.2) is 53.0 Å². The molecular formula is C20H12N6OS. The van der Waals surface area contributed by atoms with Crippen LogP contribution in [0, 0.1) is 13.5 Å². The van der Waals surface area contributed by atoms with Gasteiger partial charge in [0.05, 0.1) is 33.4 Å². The van der Waals surface area contributed by atoms with Gasteiger partial charge in [-0.05, 0) is 30.7 Å². The van der Waals surface area contributed by atoms with Crippen LogP contribution in [0.4, 0.5) is 5.69 Å². The van der Waals surface area contributed by atoms with Crippen molar-refractivity contribution in [1.82, 2.24) is 24.7 Å². The smallest absolute Gasteiger partial charge is 0.227 e. The summed E-state index contributed by atoms with van der Waals surface area (Å²) in [5, 5.41) is 4.96. The predicted molar refractivity (Wildman–Crippen MR) is 109 cm³/mol. The third-order valence-corrected chi connectivity index (χ3v) is 5.37. The summed E-state index contributed by atoms with van der Waals surface area (Å²) in [7, 11) is 0. The van der Waals surface area contributed by atoms with Gasteiger partial charge >= 0.3 is 0 Å². The molecule has 0 aliphatic rings. The van der Waals surface area contributed by atoms with E-state index in [0.29, 0.717) is 28.2 Å². The van der Waals surface area contributed by atoms with Gasteiger partial charge in [-0.2, -0.15) is 5.10 Å². The molecule has 134 valence electrons. The Kier molecular flexibility index (Phi) is 3.57. The number of aromatic nitrogens is 5. The number of hydrogen-bond acceptors (Lipinski definition) is 5. The van der Waals surface area contributed by atoms with Crippen LogP contribution in [0.25, 0.3) is 43.0 Å². The zero-order chi connectivity index (χ0) is 19.3. The molecule has 0 radical (unpaired) electrons. The van der Waals surface area contributed by atoms with Crippen LogP contribution < -0.4 is 5.43 Å². The highest BCUT2D eigenvalue weighted by atomic mass is 32.1. The Morgan fingerprint density at radius 2 is 2.14 bits per heavy atom. The number of nitrogens with zero attached hydrogens (tertiary/aromatic N) is 5. The molecule has 0 unspecified atom stereocenters. The molecule has 0 saturated carbocycles. The van der Waals surface area contributed by atoms with E-state index in [9.17, 15) is 4.79 Å². The molecule has 4 aromatic heterocycles. The standard InChI is InChI=1S/C20H12N6OS/c1-11-16(21-2)9-26(25-11)20-13(8-14-17(27)5-6-22-19(14)24-20)12-3-4-15-18(7-12)28-10-23-15/h3-10H,1H3,(H,22,24,27). The summed E-state index contributed by atoms with van der Waals surface area (Å²) in [6, 6.07) is 9.24. The Morgan fingerprint density at radius 3 is 2.96 bits per heavy atom. The molecule has 7 nitrogen and oxygen atoms in total. The molecule has 0 aliphatic heterocycles. The summed E-state index contributed by atoms with van der Waals surface area (Å²) >= 11 is 1.55. The fraction of sp³-hybridized carbons (Fsp3) is 0.0500. The Bertz CT molecular complexity index is 1470. The summed E-state index contributed by atoms with van der Waals surface area (Å²) in [5.74, 6) is 0.552. The molecule has 0 amide bonds. The van der Waals surface area contributed by atoms with Gasteiger partial charge in [0.25, 0.3) is 0 Å². The molecule has 8 heteroatoms. The quantitative estimate of drug-likeness (QED) is 0.462. The normalized spacial score (nSPS) is 11.1. The van der Waals surface area contributed by atoms with Crippen molar-refractivity contribution < 1.29 is 0 Å². The number of H-pyrrole nitrogens is 1. The van der Waals surface area contributed by atoms with E-state index in [1.807, 2.05) is 24.3 Å². The highest BCUT2D eigenvalue weighted by Gasteiger charge is 2.16. The molecule has 1 aromatic carbocycles. The number of thiazole rings is 1. The van der Waals surface area contributed by atoms with E-state index in [1.54, 1.807) is 40.8 Å². The number of fused-ring (bicyclic) bond motifs is 2. The second-order valence-electron chi connectivity index (χ2n) is 6.29. The van der Waals surface area contributed by atoms with Crippen molar-refractivity contribution in [2.45, 2.75) is 6.92 Å². The molecule has 4 heterocycles. The molecule has 0 bridgehead atoms. The number of pyridine rings is 2. The fourth-order valence-electron chi connectivity index (χ4n) is 3.17. The molecule has 0 aliphatic carbocycles. The predicted octanol–water partition coefficient (Wildman–Crippen LogP) is 4.24. The van der Waals surface area contributed by atoms with Gasteiger partial charge in [0.1, 0.15) is 5.65 Å². The lowest BCUT2D eigenvalue weighted by Crippen LogP contribution is -2.07. The van der Waals surface area contributed by atoms with Crippen molar-refractivity contribution in [3.05, 3.63) is 75.6 Å². The topological polar surface area (TPSA) is 80.8 Å². The lowest BCUT2D eigenvalue weighted by atomic mass is 10.0. The van der Waals surface area contributed by atoms with E-state index in [-0.39, 0.29) is 5.43 Å². The van der Waals surface area contributed by atoms with Gasteiger partial charge in [-0.25, -0.2) is 19.5 Å². The highest BCUT2D eigenvalue weighted by molar-refractivity contribution is 7.16. The first-order valence-corrected chi connectivity index (χ1v) is 9.32. The first-order chi connectivity index (χ1) is 13.6. The number of nitrogens with one attached hydrogen (secondary N) is 1. The SMILES string of the molecule is [C-]#[N+]c1cn(-c2nc3[nH]ccc(=O)c3cc2-c2ccc3ncsc3c2)nc1C. The molecule has 0 fully saturated rings. The van der Waals surface area contributed by atoms with Crippen molar-refractivity contribution in [1.29, 1.82) is 0 Å². The van der Waals surface area contributed by atoms with Crippen LogP contribution in [0.1, 0.15) is 5.69 Å². The lowest BCUT2D eigenvalue weighted by molar-refractivity contribution is 0.838. The summed E-state index contributed by atoms with van der Waals surface area (Å²) in [4.78, 5) is 27.9. The van der Waals surface area contributed by atoms with Gasteiger partial charge in [0.15, 0.2) is 11.2 Å². The van der Waals surface area contributed by atoms with Crippen LogP contribution in [0.5, 0.6) is 0 Å². The maximum atomic E-state index is 12.4. The zero-order valence-electron chi connectivity index (χ0n) is 14.7. The molecule has 0 atom stereocenters. The number of benzene rings is 1. The molecule has 0 spiro atoms. The minimum atomic E-state index is -0.105. The van der Waals surface area contributed by atoms with E-state index in [2.05, 4.69) is 24.9 Å². The molecule has 1 N–H and O–H groups in total. The highest BCUT2D eigenvalue weighted by Crippen LogP contribution is 2.32. The van der Waals surface area contributed by atoms with Gasteiger partial charge in [-0.1, -0.05) is 6.07 Å². The van der Waals surface area contributed by atoms with Crippen molar-refractivity contribution >= 4 is 38.3 Å². The largest absolute Gasteiger partial charge is 0.346 e. The van der Waals surface area contributed by atoms with Crippen molar-refractivity contribution in [2.75, 3.05) is 0 Å². The monoisotopic (exact) mass is 384 g/mol. The number of aryl methyl sites for hydroxylation is 1. The Morgan fingerprint density at radius 1 is 1.25 bits per heavy atom. The second kappa shape index (κ2) is 6.11. The van der Waals surface area contributed by atoms with Crippen LogP contribution in [-0.2, 0) is 0 Å². The maximum Gasteiger partial charge on any atom is 0.227 e. The van der Waals surface area contributed by atoms with E-state index >= 15 is 0 Å². The molecule has 5 aromatic rings. The average Bonchev–Trinajstić information content (AvgIpc) is 3.32. The lowest BCUT2D eigenvalue weighted by Gasteiger charge is -2.11. The number of aromatic amines is 1. The minimum absolute atomic E-state index is 0.105. The summed E-state index contributed by atoms with van der Waals surface area (Å²) in [6.45, 7) is 9.10.